The average molecular weight is 387 g/mol. The fourth-order valence-electron chi connectivity index (χ4n) is 2.50. The van der Waals surface area contributed by atoms with Gasteiger partial charge in [-0.15, -0.1) is 0 Å². The summed E-state index contributed by atoms with van der Waals surface area (Å²) in [5.74, 6) is -0.110. The standard InChI is InChI=1S/C14H19BrN4O4/c1-9(18-3-5-23-6-4-18)14(20)17(2)12-8-11(16)13(19(21)22)7-10(12)15/h7-9H,3-6,16H2,1-2H3/t9-/m0/s1. The molecule has 1 aromatic carbocycles. The van der Waals surface area contributed by atoms with Crippen LogP contribution in [0.2, 0.25) is 0 Å². The van der Waals surface area contributed by atoms with Crippen molar-refractivity contribution >= 4 is 38.9 Å². The molecule has 1 fully saturated rings. The molecule has 126 valence electrons. The fraction of sp³-hybridized carbons (Fsp3) is 0.500. The predicted octanol–water partition coefficient (Wildman–Crippen LogP) is 1.62. The number of ether oxygens (including phenoxy) is 1. The zero-order valence-electron chi connectivity index (χ0n) is 13.0. The van der Waals surface area contributed by atoms with E-state index in [4.69, 9.17) is 10.5 Å². The molecule has 1 aliphatic heterocycles. The highest BCUT2D eigenvalue weighted by Gasteiger charge is 2.28. The molecule has 0 aliphatic carbocycles. The molecular formula is C14H19BrN4O4. The van der Waals surface area contributed by atoms with Gasteiger partial charge in [0.1, 0.15) is 5.69 Å². The van der Waals surface area contributed by atoms with E-state index in [1.54, 1.807) is 7.05 Å². The molecular weight excluding hydrogens is 368 g/mol. The second-order valence-corrected chi connectivity index (χ2v) is 6.20. The number of likely N-dealkylation sites (N-methyl/N-ethyl adjacent to an activating group) is 1. The summed E-state index contributed by atoms with van der Waals surface area (Å²) in [6.45, 7) is 4.45. The third kappa shape index (κ3) is 3.80. The fourth-order valence-corrected chi connectivity index (χ4v) is 3.10. The van der Waals surface area contributed by atoms with E-state index in [2.05, 4.69) is 15.9 Å². The van der Waals surface area contributed by atoms with Gasteiger partial charge in [-0.25, -0.2) is 0 Å². The van der Waals surface area contributed by atoms with Crippen molar-refractivity contribution in [2.75, 3.05) is 44.0 Å². The highest BCUT2D eigenvalue weighted by Crippen LogP contribution is 2.35. The third-order valence-corrected chi connectivity index (χ3v) is 4.57. The van der Waals surface area contributed by atoms with Gasteiger partial charge in [0, 0.05) is 30.7 Å². The first-order valence-electron chi connectivity index (χ1n) is 7.15. The lowest BCUT2D eigenvalue weighted by Crippen LogP contribution is -2.50. The van der Waals surface area contributed by atoms with Crippen molar-refractivity contribution in [3.8, 4) is 0 Å². The summed E-state index contributed by atoms with van der Waals surface area (Å²) < 4.78 is 5.74. The molecule has 8 nitrogen and oxygen atoms in total. The lowest BCUT2D eigenvalue weighted by atomic mass is 10.2. The van der Waals surface area contributed by atoms with Gasteiger partial charge in [-0.3, -0.25) is 19.8 Å². The van der Waals surface area contributed by atoms with Gasteiger partial charge in [-0.2, -0.15) is 0 Å². The topological polar surface area (TPSA) is 102 Å². The Morgan fingerprint density at radius 1 is 1.48 bits per heavy atom. The number of carbonyl (C=O) groups is 1. The number of hydrogen-bond acceptors (Lipinski definition) is 6. The highest BCUT2D eigenvalue weighted by atomic mass is 79.9. The van der Waals surface area contributed by atoms with Gasteiger partial charge < -0.3 is 15.4 Å². The average Bonchev–Trinajstić information content (AvgIpc) is 2.55. The number of nitro groups is 1. The quantitative estimate of drug-likeness (QED) is 0.479. The number of anilines is 2. The van der Waals surface area contributed by atoms with Crippen LogP contribution in [-0.2, 0) is 9.53 Å². The number of nitrogen functional groups attached to an aromatic ring is 1. The first-order valence-corrected chi connectivity index (χ1v) is 7.95. The van der Waals surface area contributed by atoms with Crippen LogP contribution in [0, 0.1) is 10.1 Å². The minimum absolute atomic E-state index is 0.0203. The van der Waals surface area contributed by atoms with Crippen LogP contribution >= 0.6 is 15.9 Å². The van der Waals surface area contributed by atoms with E-state index in [-0.39, 0.29) is 23.3 Å². The molecule has 2 rings (SSSR count). The van der Waals surface area contributed by atoms with E-state index in [1.807, 2.05) is 11.8 Å². The maximum absolute atomic E-state index is 12.7. The van der Waals surface area contributed by atoms with Crippen LogP contribution in [0.1, 0.15) is 6.92 Å². The van der Waals surface area contributed by atoms with Crippen molar-refractivity contribution in [3.05, 3.63) is 26.7 Å². The minimum Gasteiger partial charge on any atom is -0.393 e. The molecule has 0 unspecified atom stereocenters. The Hall–Kier alpha value is -1.71. The number of morpholine rings is 1. The lowest BCUT2D eigenvalue weighted by Gasteiger charge is -2.33. The van der Waals surface area contributed by atoms with Crippen molar-refractivity contribution < 1.29 is 14.5 Å². The number of amides is 1. The number of nitro benzene ring substituents is 1. The Morgan fingerprint density at radius 2 is 2.09 bits per heavy atom. The summed E-state index contributed by atoms with van der Waals surface area (Å²) in [6.07, 6.45) is 0. The van der Waals surface area contributed by atoms with E-state index in [0.717, 1.165) is 0 Å². The lowest BCUT2D eigenvalue weighted by molar-refractivity contribution is -0.384. The molecule has 1 atom stereocenters. The third-order valence-electron chi connectivity index (χ3n) is 3.94. The van der Waals surface area contributed by atoms with Gasteiger partial charge in [-0.1, -0.05) is 0 Å². The number of carbonyl (C=O) groups excluding carboxylic acids is 1. The highest BCUT2D eigenvalue weighted by molar-refractivity contribution is 9.10. The minimum atomic E-state index is -0.554. The van der Waals surface area contributed by atoms with Gasteiger partial charge in [0.05, 0.1) is 29.9 Å². The van der Waals surface area contributed by atoms with Crippen molar-refractivity contribution in [2.24, 2.45) is 0 Å². The van der Waals surface area contributed by atoms with E-state index < -0.39 is 4.92 Å². The molecule has 1 heterocycles. The van der Waals surface area contributed by atoms with E-state index in [0.29, 0.717) is 36.5 Å². The van der Waals surface area contributed by atoms with Gasteiger partial charge in [0.25, 0.3) is 5.69 Å². The Morgan fingerprint density at radius 3 is 2.65 bits per heavy atom. The molecule has 2 N–H and O–H groups in total. The Balaban J connectivity index is 2.22. The Labute approximate surface area is 142 Å². The second-order valence-electron chi connectivity index (χ2n) is 5.34. The summed E-state index contributed by atoms with van der Waals surface area (Å²) >= 11 is 3.28. The molecule has 0 aromatic heterocycles. The van der Waals surface area contributed by atoms with Gasteiger partial charge in [0.15, 0.2) is 0 Å². The van der Waals surface area contributed by atoms with Crippen LogP contribution in [0.4, 0.5) is 17.1 Å². The zero-order valence-corrected chi connectivity index (χ0v) is 14.6. The normalized spacial score (nSPS) is 16.8. The Kier molecular flexibility index (Phi) is 5.55. The largest absolute Gasteiger partial charge is 0.393 e. The number of nitrogens with zero attached hydrogens (tertiary/aromatic N) is 3. The van der Waals surface area contributed by atoms with Gasteiger partial charge >= 0.3 is 0 Å². The summed E-state index contributed by atoms with van der Waals surface area (Å²) in [4.78, 5) is 26.5. The number of nitrogens with two attached hydrogens (primary N) is 1. The van der Waals surface area contributed by atoms with Crippen molar-refractivity contribution in [3.63, 3.8) is 0 Å². The maximum atomic E-state index is 12.7. The number of benzene rings is 1. The second kappa shape index (κ2) is 7.24. The summed E-state index contributed by atoms with van der Waals surface area (Å²) in [5.41, 5.74) is 6.05. The molecule has 0 spiro atoms. The van der Waals surface area contributed by atoms with Gasteiger partial charge in [0.2, 0.25) is 5.91 Å². The van der Waals surface area contributed by atoms with Crippen molar-refractivity contribution in [2.45, 2.75) is 13.0 Å². The van der Waals surface area contributed by atoms with Crippen LogP contribution < -0.4 is 10.6 Å². The van der Waals surface area contributed by atoms with Crippen LogP contribution in [0.5, 0.6) is 0 Å². The SMILES string of the molecule is C[C@@H](C(=O)N(C)c1cc(N)c([N+](=O)[O-])cc1Br)N1CCOCC1. The first kappa shape index (κ1) is 17.6. The molecule has 1 saturated heterocycles. The van der Waals surface area contributed by atoms with Crippen molar-refractivity contribution in [1.82, 2.24) is 4.90 Å². The molecule has 1 aliphatic rings. The van der Waals surface area contributed by atoms with Crippen LogP contribution in [0.25, 0.3) is 0 Å². The monoisotopic (exact) mass is 386 g/mol. The number of halogens is 1. The summed E-state index contributed by atoms with van der Waals surface area (Å²) in [5, 5.41) is 10.9. The molecule has 0 saturated carbocycles. The predicted molar refractivity (Wildman–Crippen MR) is 90.5 cm³/mol. The smallest absolute Gasteiger partial charge is 0.293 e. The molecule has 9 heteroatoms. The van der Waals surface area contributed by atoms with Crippen LogP contribution in [-0.4, -0.2) is 55.1 Å². The number of rotatable bonds is 4. The van der Waals surface area contributed by atoms with E-state index >= 15 is 0 Å². The van der Waals surface area contributed by atoms with E-state index in [9.17, 15) is 14.9 Å². The van der Waals surface area contributed by atoms with Crippen LogP contribution in [0.3, 0.4) is 0 Å². The maximum Gasteiger partial charge on any atom is 0.293 e. The summed E-state index contributed by atoms with van der Waals surface area (Å²) in [6, 6.07) is 2.44. The zero-order chi connectivity index (χ0) is 17.1. The summed E-state index contributed by atoms with van der Waals surface area (Å²) in [7, 11) is 1.63. The molecule has 23 heavy (non-hydrogen) atoms. The van der Waals surface area contributed by atoms with Crippen LogP contribution in [0.15, 0.2) is 16.6 Å². The molecule has 0 bridgehead atoms. The van der Waals surface area contributed by atoms with Gasteiger partial charge in [-0.05, 0) is 28.9 Å². The first-order chi connectivity index (χ1) is 10.8. The van der Waals surface area contributed by atoms with E-state index in [1.165, 1.54) is 17.0 Å². The van der Waals surface area contributed by atoms with Crippen molar-refractivity contribution in [1.29, 1.82) is 0 Å². The number of hydrogen-bond donors (Lipinski definition) is 1. The molecule has 1 amide bonds. The molecule has 0 radical (unpaired) electrons. The Bertz CT molecular complexity index is 619. The molecule has 1 aromatic rings.